The van der Waals surface area contributed by atoms with E-state index in [1.54, 1.807) is 0 Å². The zero-order chi connectivity index (χ0) is 34.5. The normalized spacial score (nSPS) is 13.3. The Morgan fingerprint density at radius 2 is 0.872 bits per heavy atom. The molecule has 0 heterocycles. The Labute approximate surface area is 295 Å². The van der Waals surface area contributed by atoms with Gasteiger partial charge in [0.25, 0.3) is 10.2 Å². The molecule has 47 heavy (non-hydrogen) atoms. The van der Waals surface area contributed by atoms with Crippen LogP contribution in [0, 0.1) is 0 Å². The van der Waals surface area contributed by atoms with Crippen molar-refractivity contribution in [3.05, 3.63) is 36.5 Å². The van der Waals surface area contributed by atoms with Crippen molar-refractivity contribution in [1.29, 1.82) is 0 Å². The Bertz CT molecular complexity index is 823. The van der Waals surface area contributed by atoms with Gasteiger partial charge in [-0.05, 0) is 84.7 Å². The summed E-state index contributed by atoms with van der Waals surface area (Å²) in [6, 6.07) is 0.0365. The second kappa shape index (κ2) is 36.3. The minimum Gasteiger partial charge on any atom is -0.308 e. The SMILES string of the molecule is CCCCCC=CCC=CCCCCCCCCC(CCCCCCCCC=CCCCCCCCC)NS(=O)(=O)NCCN(C)C. The van der Waals surface area contributed by atoms with Crippen LogP contribution in [0.3, 0.4) is 0 Å². The lowest BCUT2D eigenvalue weighted by Crippen LogP contribution is -2.44. The highest BCUT2D eigenvalue weighted by Crippen LogP contribution is 2.16. The molecule has 278 valence electrons. The van der Waals surface area contributed by atoms with E-state index in [1.165, 1.54) is 148 Å². The van der Waals surface area contributed by atoms with Crippen LogP contribution in [-0.4, -0.2) is 46.5 Å². The predicted molar refractivity (Wildman–Crippen MR) is 210 cm³/mol. The predicted octanol–water partition coefficient (Wildman–Crippen LogP) is 12.0. The first-order valence-corrected chi connectivity index (χ1v) is 21.8. The Balaban J connectivity index is 4.11. The van der Waals surface area contributed by atoms with Crippen molar-refractivity contribution in [2.75, 3.05) is 27.2 Å². The van der Waals surface area contributed by atoms with Crippen molar-refractivity contribution in [2.24, 2.45) is 0 Å². The highest BCUT2D eigenvalue weighted by atomic mass is 32.2. The van der Waals surface area contributed by atoms with Crippen LogP contribution in [0.15, 0.2) is 36.5 Å². The Hall–Kier alpha value is -0.950. The van der Waals surface area contributed by atoms with Gasteiger partial charge in [0.15, 0.2) is 0 Å². The molecule has 5 nitrogen and oxygen atoms in total. The number of allylic oxidation sites excluding steroid dienone is 6. The molecule has 0 spiro atoms. The molecule has 0 aliphatic rings. The van der Waals surface area contributed by atoms with E-state index in [0.29, 0.717) is 13.1 Å². The van der Waals surface area contributed by atoms with Crippen LogP contribution < -0.4 is 9.44 Å². The number of hydrogen-bond acceptors (Lipinski definition) is 3. The maximum Gasteiger partial charge on any atom is 0.277 e. The van der Waals surface area contributed by atoms with Gasteiger partial charge in [-0.3, -0.25) is 0 Å². The average Bonchev–Trinajstić information content (AvgIpc) is 3.03. The van der Waals surface area contributed by atoms with Crippen molar-refractivity contribution in [2.45, 2.75) is 200 Å². The Morgan fingerprint density at radius 1 is 0.511 bits per heavy atom. The van der Waals surface area contributed by atoms with Crippen molar-refractivity contribution >= 4 is 10.2 Å². The topological polar surface area (TPSA) is 61.4 Å². The number of hydrogen-bond donors (Lipinski definition) is 2. The van der Waals surface area contributed by atoms with E-state index >= 15 is 0 Å². The highest BCUT2D eigenvalue weighted by molar-refractivity contribution is 7.87. The molecule has 0 amide bonds. The third-order valence-corrected chi connectivity index (χ3v) is 10.2. The largest absolute Gasteiger partial charge is 0.308 e. The molecule has 0 saturated carbocycles. The van der Waals surface area contributed by atoms with Gasteiger partial charge in [-0.2, -0.15) is 13.1 Å². The summed E-state index contributed by atoms with van der Waals surface area (Å²) in [5, 5.41) is 0. The number of unbranched alkanes of at least 4 members (excludes halogenated alkanes) is 21. The lowest BCUT2D eigenvalue weighted by atomic mass is 10.0. The lowest BCUT2D eigenvalue weighted by Gasteiger charge is -2.20. The molecule has 0 saturated heterocycles. The second-order valence-electron chi connectivity index (χ2n) is 14.1. The summed E-state index contributed by atoms with van der Waals surface area (Å²) in [5.74, 6) is 0. The van der Waals surface area contributed by atoms with E-state index in [0.717, 1.165) is 32.1 Å². The highest BCUT2D eigenvalue weighted by Gasteiger charge is 2.17. The molecule has 1 atom stereocenters. The van der Waals surface area contributed by atoms with Crippen LogP contribution in [0.1, 0.15) is 194 Å². The van der Waals surface area contributed by atoms with Crippen LogP contribution >= 0.6 is 0 Å². The first-order valence-electron chi connectivity index (χ1n) is 20.3. The molecule has 0 radical (unpaired) electrons. The molecule has 0 aromatic carbocycles. The fraction of sp³-hybridized carbons (Fsp3) is 0.854. The van der Waals surface area contributed by atoms with Crippen LogP contribution in [0.25, 0.3) is 0 Å². The average molecular weight is 680 g/mol. The standard InChI is InChI=1S/C41H81N3O2S/c1-5-7-9-11-13-15-17-19-21-23-25-27-29-31-33-35-37-41(43-47(45,46)42-39-40-44(3)4)38-36-34-32-30-28-26-24-22-20-18-16-14-12-10-8-6-2/h13,15,19-22,41-43H,5-12,14,16-18,23-40H2,1-4H3. The van der Waals surface area contributed by atoms with Crippen LogP contribution in [-0.2, 0) is 10.2 Å². The first-order chi connectivity index (χ1) is 22.9. The summed E-state index contributed by atoms with van der Waals surface area (Å²) >= 11 is 0. The van der Waals surface area contributed by atoms with Crippen molar-refractivity contribution in [1.82, 2.24) is 14.3 Å². The van der Waals surface area contributed by atoms with Crippen LogP contribution in [0.5, 0.6) is 0 Å². The summed E-state index contributed by atoms with van der Waals surface area (Å²) in [7, 11) is 0.461. The van der Waals surface area contributed by atoms with Crippen LogP contribution in [0.4, 0.5) is 0 Å². The van der Waals surface area contributed by atoms with Gasteiger partial charge in [0, 0.05) is 19.1 Å². The van der Waals surface area contributed by atoms with Gasteiger partial charge in [-0.25, -0.2) is 4.72 Å². The molecule has 0 aromatic heterocycles. The van der Waals surface area contributed by atoms with E-state index < -0.39 is 10.2 Å². The van der Waals surface area contributed by atoms with Gasteiger partial charge >= 0.3 is 0 Å². The van der Waals surface area contributed by atoms with Crippen LogP contribution in [0.2, 0.25) is 0 Å². The van der Waals surface area contributed by atoms with E-state index in [-0.39, 0.29) is 6.04 Å². The number of likely N-dealkylation sites (N-methyl/N-ethyl adjacent to an activating group) is 1. The molecule has 0 bridgehead atoms. The van der Waals surface area contributed by atoms with Gasteiger partial charge in [0.1, 0.15) is 0 Å². The third-order valence-electron chi connectivity index (χ3n) is 8.99. The third kappa shape index (κ3) is 37.7. The van der Waals surface area contributed by atoms with Crippen molar-refractivity contribution in [3.63, 3.8) is 0 Å². The first kappa shape index (κ1) is 46.0. The lowest BCUT2D eigenvalue weighted by molar-refractivity contribution is 0.409. The van der Waals surface area contributed by atoms with Gasteiger partial charge in [-0.1, -0.05) is 159 Å². The Kier molecular flexibility index (Phi) is 35.6. The maximum atomic E-state index is 12.7. The summed E-state index contributed by atoms with van der Waals surface area (Å²) in [6.45, 7) is 5.67. The fourth-order valence-electron chi connectivity index (χ4n) is 5.94. The molecule has 0 rings (SSSR count). The molecule has 1 unspecified atom stereocenters. The van der Waals surface area contributed by atoms with E-state index in [2.05, 4.69) is 59.7 Å². The van der Waals surface area contributed by atoms with E-state index in [4.69, 9.17) is 0 Å². The molecule has 0 aliphatic heterocycles. The number of nitrogens with one attached hydrogen (secondary N) is 2. The minimum absolute atomic E-state index is 0.0365. The summed E-state index contributed by atoms with van der Waals surface area (Å²) in [5.41, 5.74) is 0. The van der Waals surface area contributed by atoms with E-state index in [1.807, 2.05) is 19.0 Å². The molecule has 0 aromatic rings. The van der Waals surface area contributed by atoms with Gasteiger partial charge in [-0.15, -0.1) is 0 Å². The maximum absolute atomic E-state index is 12.7. The number of nitrogens with zero attached hydrogens (tertiary/aromatic N) is 1. The fourth-order valence-corrected chi connectivity index (χ4v) is 7.06. The summed E-state index contributed by atoms with van der Waals surface area (Å²) < 4.78 is 31.2. The summed E-state index contributed by atoms with van der Waals surface area (Å²) in [6.07, 6.45) is 48.9. The zero-order valence-corrected chi connectivity index (χ0v) is 32.7. The number of rotatable bonds is 37. The molecular formula is C41H81N3O2S. The summed E-state index contributed by atoms with van der Waals surface area (Å²) in [4.78, 5) is 2.00. The molecule has 2 N–H and O–H groups in total. The van der Waals surface area contributed by atoms with E-state index in [9.17, 15) is 8.42 Å². The smallest absolute Gasteiger partial charge is 0.277 e. The zero-order valence-electron chi connectivity index (χ0n) is 31.9. The monoisotopic (exact) mass is 680 g/mol. The van der Waals surface area contributed by atoms with Gasteiger partial charge < -0.3 is 4.90 Å². The molecule has 0 fully saturated rings. The van der Waals surface area contributed by atoms with Gasteiger partial charge in [0.05, 0.1) is 0 Å². The van der Waals surface area contributed by atoms with Gasteiger partial charge in [0.2, 0.25) is 0 Å². The quantitative estimate of drug-likeness (QED) is 0.0507. The minimum atomic E-state index is -3.46. The second-order valence-corrected chi connectivity index (χ2v) is 15.6. The van der Waals surface area contributed by atoms with Crippen molar-refractivity contribution in [3.8, 4) is 0 Å². The van der Waals surface area contributed by atoms with Crippen molar-refractivity contribution < 1.29 is 8.42 Å². The Morgan fingerprint density at radius 3 is 1.32 bits per heavy atom. The molecule has 0 aliphatic carbocycles. The molecular weight excluding hydrogens is 599 g/mol. The molecule has 6 heteroatoms.